The van der Waals surface area contributed by atoms with Crippen molar-refractivity contribution in [3.8, 4) is 5.75 Å². The lowest BCUT2D eigenvalue weighted by Gasteiger charge is -2.21. The van der Waals surface area contributed by atoms with Crippen LogP contribution >= 0.6 is 11.6 Å². The third-order valence-corrected chi connectivity index (χ3v) is 2.42. The van der Waals surface area contributed by atoms with Crippen molar-refractivity contribution in [2.24, 2.45) is 10.7 Å². The molecule has 0 heterocycles. The highest BCUT2D eigenvalue weighted by atomic mass is 35.5. The second kappa shape index (κ2) is 6.66. The molecule has 1 unspecified atom stereocenters. The van der Waals surface area contributed by atoms with E-state index in [4.69, 9.17) is 22.1 Å². The molecule has 1 aromatic rings. The normalized spacial score (nSPS) is 14.1. The van der Waals surface area contributed by atoms with Gasteiger partial charge in [0.15, 0.2) is 5.96 Å². The average molecular weight is 284 g/mol. The van der Waals surface area contributed by atoms with Crippen molar-refractivity contribution in [3.63, 3.8) is 0 Å². The Hall–Kier alpha value is -1.42. The minimum Gasteiger partial charge on any atom is -0.489 e. The smallest absolute Gasteiger partial charge is 0.189 e. The van der Waals surface area contributed by atoms with Crippen molar-refractivity contribution < 1.29 is 4.74 Å². The SMILES string of the molecule is CC(CN=C(N)NC(C)(C)C)Oc1ccc(Cl)cc1. The van der Waals surface area contributed by atoms with Crippen LogP contribution in [-0.4, -0.2) is 24.1 Å². The van der Waals surface area contributed by atoms with Gasteiger partial charge >= 0.3 is 0 Å². The van der Waals surface area contributed by atoms with Gasteiger partial charge in [0.25, 0.3) is 0 Å². The summed E-state index contributed by atoms with van der Waals surface area (Å²) in [6, 6.07) is 7.25. The van der Waals surface area contributed by atoms with Crippen molar-refractivity contribution in [1.82, 2.24) is 5.32 Å². The van der Waals surface area contributed by atoms with Gasteiger partial charge in [0.1, 0.15) is 11.9 Å². The van der Waals surface area contributed by atoms with E-state index >= 15 is 0 Å². The predicted molar refractivity (Wildman–Crippen MR) is 80.9 cm³/mol. The average Bonchev–Trinajstić information content (AvgIpc) is 2.27. The zero-order valence-corrected chi connectivity index (χ0v) is 12.7. The lowest BCUT2D eigenvalue weighted by atomic mass is 10.1. The third kappa shape index (κ3) is 6.91. The van der Waals surface area contributed by atoms with Crippen LogP contribution in [0.15, 0.2) is 29.3 Å². The number of nitrogens with two attached hydrogens (primary N) is 1. The fourth-order valence-corrected chi connectivity index (χ4v) is 1.56. The van der Waals surface area contributed by atoms with Crippen LogP contribution in [0.5, 0.6) is 5.75 Å². The number of benzene rings is 1. The Balaban J connectivity index is 2.45. The van der Waals surface area contributed by atoms with E-state index in [0.29, 0.717) is 17.5 Å². The molecule has 1 atom stereocenters. The van der Waals surface area contributed by atoms with Gasteiger partial charge in [0, 0.05) is 10.6 Å². The molecule has 106 valence electrons. The van der Waals surface area contributed by atoms with Crippen molar-refractivity contribution >= 4 is 17.6 Å². The summed E-state index contributed by atoms with van der Waals surface area (Å²) in [6.07, 6.45) is -0.0542. The van der Waals surface area contributed by atoms with E-state index in [1.54, 1.807) is 12.1 Å². The summed E-state index contributed by atoms with van der Waals surface area (Å²) in [4.78, 5) is 4.26. The summed E-state index contributed by atoms with van der Waals surface area (Å²) in [5, 5.41) is 3.79. The van der Waals surface area contributed by atoms with Crippen LogP contribution in [0.4, 0.5) is 0 Å². The molecule has 5 heteroatoms. The second-order valence-electron chi connectivity index (χ2n) is 5.48. The quantitative estimate of drug-likeness (QED) is 0.660. The molecule has 0 bridgehead atoms. The molecule has 1 aromatic carbocycles. The van der Waals surface area contributed by atoms with E-state index in [2.05, 4.69) is 10.3 Å². The number of hydrogen-bond donors (Lipinski definition) is 2. The van der Waals surface area contributed by atoms with Gasteiger partial charge in [-0.1, -0.05) is 11.6 Å². The fraction of sp³-hybridized carbons (Fsp3) is 0.500. The Labute approximate surface area is 120 Å². The molecule has 0 aromatic heterocycles. The minimum atomic E-state index is -0.0894. The highest BCUT2D eigenvalue weighted by molar-refractivity contribution is 6.30. The number of aliphatic imine (C=N–C) groups is 1. The first-order chi connectivity index (χ1) is 8.76. The van der Waals surface area contributed by atoms with Gasteiger partial charge in [-0.25, -0.2) is 4.99 Å². The predicted octanol–water partition coefficient (Wildman–Crippen LogP) is 2.81. The topological polar surface area (TPSA) is 59.6 Å². The molecule has 0 saturated heterocycles. The standard InChI is InChI=1S/C14H22ClN3O/c1-10(9-17-13(16)18-14(2,3)4)19-12-7-5-11(15)6-8-12/h5-8,10H,9H2,1-4H3,(H3,16,17,18). The largest absolute Gasteiger partial charge is 0.489 e. The summed E-state index contributed by atoms with van der Waals surface area (Å²) in [7, 11) is 0. The Kier molecular flexibility index (Phi) is 5.48. The van der Waals surface area contributed by atoms with E-state index in [1.807, 2.05) is 39.8 Å². The first-order valence-corrected chi connectivity index (χ1v) is 6.64. The van der Waals surface area contributed by atoms with Crippen molar-refractivity contribution in [1.29, 1.82) is 0 Å². The van der Waals surface area contributed by atoms with Gasteiger partial charge in [-0.15, -0.1) is 0 Å². The fourth-order valence-electron chi connectivity index (χ4n) is 1.43. The van der Waals surface area contributed by atoms with E-state index in [1.165, 1.54) is 0 Å². The van der Waals surface area contributed by atoms with Crippen LogP contribution in [0.1, 0.15) is 27.7 Å². The number of hydrogen-bond acceptors (Lipinski definition) is 2. The van der Waals surface area contributed by atoms with Crippen LogP contribution in [0.2, 0.25) is 5.02 Å². The Morgan fingerprint density at radius 1 is 1.37 bits per heavy atom. The molecule has 3 N–H and O–H groups in total. The second-order valence-corrected chi connectivity index (χ2v) is 5.92. The molecule has 0 spiro atoms. The maximum atomic E-state index is 5.81. The van der Waals surface area contributed by atoms with Crippen LogP contribution in [0.25, 0.3) is 0 Å². The van der Waals surface area contributed by atoms with Crippen molar-refractivity contribution in [2.75, 3.05) is 6.54 Å². The summed E-state index contributed by atoms with van der Waals surface area (Å²) < 4.78 is 5.70. The molecular weight excluding hydrogens is 262 g/mol. The maximum absolute atomic E-state index is 5.81. The van der Waals surface area contributed by atoms with Gasteiger partial charge in [-0.3, -0.25) is 0 Å². The highest BCUT2D eigenvalue weighted by Gasteiger charge is 2.10. The number of rotatable bonds is 4. The Bertz CT molecular complexity index is 423. The van der Waals surface area contributed by atoms with Crippen molar-refractivity contribution in [2.45, 2.75) is 39.3 Å². The molecule has 0 amide bonds. The Morgan fingerprint density at radius 3 is 2.47 bits per heavy atom. The van der Waals surface area contributed by atoms with E-state index < -0.39 is 0 Å². The lowest BCUT2D eigenvalue weighted by molar-refractivity contribution is 0.230. The van der Waals surface area contributed by atoms with Gasteiger partial charge in [0.05, 0.1) is 6.54 Å². The van der Waals surface area contributed by atoms with E-state index in [9.17, 15) is 0 Å². The van der Waals surface area contributed by atoms with Gasteiger partial charge in [-0.05, 0) is 52.0 Å². The maximum Gasteiger partial charge on any atom is 0.189 e. The zero-order chi connectivity index (χ0) is 14.5. The van der Waals surface area contributed by atoms with Crippen LogP contribution in [0, 0.1) is 0 Å². The minimum absolute atomic E-state index is 0.0542. The van der Waals surface area contributed by atoms with Gasteiger partial charge in [-0.2, -0.15) is 0 Å². The molecule has 0 radical (unpaired) electrons. The highest BCUT2D eigenvalue weighted by Crippen LogP contribution is 2.16. The van der Waals surface area contributed by atoms with Gasteiger partial charge in [0.2, 0.25) is 0 Å². The first-order valence-electron chi connectivity index (χ1n) is 6.26. The van der Waals surface area contributed by atoms with Crippen molar-refractivity contribution in [3.05, 3.63) is 29.3 Å². The number of guanidine groups is 1. The van der Waals surface area contributed by atoms with E-state index in [-0.39, 0.29) is 11.6 Å². The molecule has 0 aliphatic rings. The van der Waals surface area contributed by atoms with E-state index in [0.717, 1.165) is 5.75 Å². The molecule has 0 aliphatic carbocycles. The summed E-state index contributed by atoms with van der Waals surface area (Å²) >= 11 is 5.81. The molecule has 0 saturated carbocycles. The number of nitrogens with one attached hydrogen (secondary N) is 1. The van der Waals surface area contributed by atoms with Crippen LogP contribution < -0.4 is 15.8 Å². The molecular formula is C14H22ClN3O. The molecule has 1 rings (SSSR count). The summed E-state index contributed by atoms with van der Waals surface area (Å²) in [5.74, 6) is 1.20. The zero-order valence-electron chi connectivity index (χ0n) is 11.9. The number of nitrogens with zero attached hydrogens (tertiary/aromatic N) is 1. The lowest BCUT2D eigenvalue weighted by Crippen LogP contribution is -2.45. The van der Waals surface area contributed by atoms with Crippen LogP contribution in [-0.2, 0) is 0 Å². The number of ether oxygens (including phenoxy) is 1. The summed E-state index contributed by atoms with van der Waals surface area (Å²) in [6.45, 7) is 8.54. The first kappa shape index (κ1) is 15.6. The van der Waals surface area contributed by atoms with Crippen LogP contribution in [0.3, 0.4) is 0 Å². The van der Waals surface area contributed by atoms with Gasteiger partial charge < -0.3 is 15.8 Å². The number of halogens is 1. The molecule has 0 fully saturated rings. The Morgan fingerprint density at radius 2 is 1.95 bits per heavy atom. The third-order valence-electron chi connectivity index (χ3n) is 2.17. The monoisotopic (exact) mass is 283 g/mol. The molecule has 4 nitrogen and oxygen atoms in total. The summed E-state index contributed by atoms with van der Waals surface area (Å²) in [5.41, 5.74) is 5.70. The molecule has 0 aliphatic heterocycles. The molecule has 19 heavy (non-hydrogen) atoms.